The third-order valence-electron chi connectivity index (χ3n) is 7.35. The molecule has 1 N–H and O–H groups in total. The fourth-order valence-corrected chi connectivity index (χ4v) is 5.23. The van der Waals surface area contributed by atoms with Gasteiger partial charge in [-0.25, -0.2) is 4.39 Å². The number of nitrogens with one attached hydrogen (secondary N) is 1. The van der Waals surface area contributed by atoms with E-state index in [-0.39, 0.29) is 17.6 Å². The van der Waals surface area contributed by atoms with Gasteiger partial charge in [0.15, 0.2) is 5.82 Å². The number of nitrogens with zero attached hydrogens (tertiary/aromatic N) is 3. The van der Waals surface area contributed by atoms with Gasteiger partial charge in [0.2, 0.25) is 0 Å². The molecule has 39 heavy (non-hydrogen) atoms. The van der Waals surface area contributed by atoms with Gasteiger partial charge in [-0.3, -0.25) is 4.79 Å². The Bertz CT molecular complexity index is 1580. The summed E-state index contributed by atoms with van der Waals surface area (Å²) in [7, 11) is 3.21. The lowest BCUT2D eigenvalue weighted by Crippen LogP contribution is -2.49. The molecule has 200 valence electrons. The number of aromatic amines is 1. The second-order valence-electron chi connectivity index (χ2n) is 9.93. The van der Waals surface area contributed by atoms with Crippen LogP contribution in [0.5, 0.6) is 11.5 Å². The number of anilines is 1. The Balaban J connectivity index is 1.47. The summed E-state index contributed by atoms with van der Waals surface area (Å²) >= 11 is 0. The first-order chi connectivity index (χ1) is 18.9. The van der Waals surface area contributed by atoms with E-state index in [1.807, 2.05) is 50.2 Å². The molecule has 0 radical (unpaired) electrons. The van der Waals surface area contributed by atoms with Crippen LogP contribution in [0.4, 0.5) is 10.1 Å². The quantitative estimate of drug-likeness (QED) is 0.336. The zero-order valence-corrected chi connectivity index (χ0v) is 22.5. The number of benzene rings is 3. The van der Waals surface area contributed by atoms with Gasteiger partial charge in [0.25, 0.3) is 5.91 Å². The van der Waals surface area contributed by atoms with Gasteiger partial charge >= 0.3 is 0 Å². The summed E-state index contributed by atoms with van der Waals surface area (Å²) in [5.74, 6) is 0.799. The predicted molar refractivity (Wildman–Crippen MR) is 150 cm³/mol. The molecule has 0 atom stereocenters. The maximum absolute atomic E-state index is 15.7. The van der Waals surface area contributed by atoms with E-state index < -0.39 is 0 Å². The van der Waals surface area contributed by atoms with Crippen molar-refractivity contribution < 1.29 is 18.7 Å². The highest BCUT2D eigenvalue weighted by Gasteiger charge is 2.27. The molecule has 1 aromatic heterocycles. The van der Waals surface area contributed by atoms with Gasteiger partial charge in [-0.15, -0.1) is 0 Å². The zero-order valence-electron chi connectivity index (χ0n) is 22.5. The average Bonchev–Trinajstić information content (AvgIpc) is 3.43. The van der Waals surface area contributed by atoms with Crippen molar-refractivity contribution in [1.29, 1.82) is 5.26 Å². The summed E-state index contributed by atoms with van der Waals surface area (Å²) in [6.45, 7) is 6.02. The Labute approximate surface area is 227 Å². The number of carbonyl (C=O) groups excluding carboxylic acids is 1. The van der Waals surface area contributed by atoms with Crippen molar-refractivity contribution in [2.75, 3.05) is 45.3 Å². The lowest BCUT2D eigenvalue weighted by molar-refractivity contribution is 0.0741. The van der Waals surface area contributed by atoms with E-state index in [0.29, 0.717) is 65.4 Å². The zero-order chi connectivity index (χ0) is 27.7. The van der Waals surface area contributed by atoms with E-state index in [1.54, 1.807) is 37.3 Å². The van der Waals surface area contributed by atoms with Gasteiger partial charge in [-0.2, -0.15) is 5.26 Å². The molecule has 1 fully saturated rings. The topological polar surface area (TPSA) is 81.6 Å². The van der Waals surface area contributed by atoms with E-state index in [4.69, 9.17) is 9.47 Å². The number of methoxy groups -OCH3 is 2. The van der Waals surface area contributed by atoms with Crippen LogP contribution in [0.2, 0.25) is 0 Å². The number of ether oxygens (including phenoxy) is 2. The Morgan fingerprint density at radius 2 is 1.69 bits per heavy atom. The Morgan fingerprint density at radius 1 is 0.974 bits per heavy atom. The number of fused-ring (bicyclic) bond motifs is 1. The van der Waals surface area contributed by atoms with E-state index >= 15 is 4.39 Å². The Hall–Kier alpha value is -4.51. The molecule has 0 bridgehead atoms. The number of piperazine rings is 1. The molecule has 1 aliphatic rings. The first-order valence-electron chi connectivity index (χ1n) is 13.0. The molecule has 5 rings (SSSR count). The van der Waals surface area contributed by atoms with Crippen LogP contribution in [0.25, 0.3) is 22.0 Å². The molecule has 2 heterocycles. The number of H-pyrrole nitrogens is 1. The molecule has 8 heteroatoms. The third-order valence-corrected chi connectivity index (χ3v) is 7.35. The van der Waals surface area contributed by atoms with E-state index in [2.05, 4.69) is 16.0 Å². The molecule has 0 spiro atoms. The third kappa shape index (κ3) is 4.76. The molecular weight excluding hydrogens is 495 g/mol. The minimum absolute atomic E-state index is 0.0464. The van der Waals surface area contributed by atoms with Crippen molar-refractivity contribution >= 4 is 22.5 Å². The molecule has 0 saturated carbocycles. The van der Waals surface area contributed by atoms with Crippen molar-refractivity contribution in [3.8, 4) is 28.7 Å². The highest BCUT2D eigenvalue weighted by atomic mass is 19.1. The van der Waals surface area contributed by atoms with E-state index in [9.17, 15) is 10.1 Å². The highest BCUT2D eigenvalue weighted by Crippen LogP contribution is 2.39. The van der Waals surface area contributed by atoms with Gasteiger partial charge in [0.05, 0.1) is 37.1 Å². The summed E-state index contributed by atoms with van der Waals surface area (Å²) in [4.78, 5) is 20.6. The predicted octanol–water partition coefficient (Wildman–Crippen LogP) is 5.95. The molecule has 1 saturated heterocycles. The summed E-state index contributed by atoms with van der Waals surface area (Å²) in [6.07, 6.45) is 0. The minimum atomic E-state index is -0.341. The maximum Gasteiger partial charge on any atom is 0.270 e. The van der Waals surface area contributed by atoms with Crippen LogP contribution in [0.1, 0.15) is 41.4 Å². The van der Waals surface area contributed by atoms with Gasteiger partial charge < -0.3 is 24.3 Å². The highest BCUT2D eigenvalue weighted by molar-refractivity contribution is 6.04. The first kappa shape index (κ1) is 26.1. The molecule has 3 aromatic carbocycles. The fourth-order valence-electron chi connectivity index (χ4n) is 5.23. The van der Waals surface area contributed by atoms with Crippen LogP contribution in [0.15, 0.2) is 54.6 Å². The van der Waals surface area contributed by atoms with E-state index in [1.165, 1.54) is 0 Å². The van der Waals surface area contributed by atoms with Crippen molar-refractivity contribution in [3.63, 3.8) is 0 Å². The minimum Gasteiger partial charge on any atom is -0.496 e. The van der Waals surface area contributed by atoms with Crippen LogP contribution in [-0.2, 0) is 0 Å². The number of hydrogen-bond acceptors (Lipinski definition) is 5. The van der Waals surface area contributed by atoms with Crippen LogP contribution in [-0.4, -0.2) is 56.2 Å². The molecule has 0 unspecified atom stereocenters. The summed E-state index contributed by atoms with van der Waals surface area (Å²) in [5.41, 5.74) is 4.28. The van der Waals surface area contributed by atoms with Crippen LogP contribution >= 0.6 is 0 Å². The summed E-state index contributed by atoms with van der Waals surface area (Å²) in [6, 6.07) is 18.7. The Morgan fingerprint density at radius 3 is 2.36 bits per heavy atom. The summed E-state index contributed by atoms with van der Waals surface area (Å²) < 4.78 is 26.8. The molecule has 4 aromatic rings. The molecular formula is C31H31FN4O3. The number of halogens is 1. The van der Waals surface area contributed by atoms with Crippen molar-refractivity contribution in [1.82, 2.24) is 9.88 Å². The molecule has 1 amide bonds. The fraction of sp³-hybridized carbons (Fsp3) is 0.290. The molecule has 7 nitrogen and oxygen atoms in total. The number of nitriles is 1. The lowest BCUT2D eigenvalue weighted by atomic mass is 9.93. The second-order valence-corrected chi connectivity index (χ2v) is 9.93. The summed E-state index contributed by atoms with van der Waals surface area (Å²) in [5, 5.41) is 9.95. The number of aromatic nitrogens is 1. The smallest absolute Gasteiger partial charge is 0.270 e. The van der Waals surface area contributed by atoms with Gasteiger partial charge in [-0.1, -0.05) is 32.0 Å². The number of rotatable bonds is 6. The van der Waals surface area contributed by atoms with Gasteiger partial charge in [0.1, 0.15) is 17.2 Å². The van der Waals surface area contributed by atoms with Crippen molar-refractivity contribution in [2.24, 2.45) is 0 Å². The monoisotopic (exact) mass is 526 g/mol. The number of amides is 1. The Kier molecular flexibility index (Phi) is 7.16. The lowest BCUT2D eigenvalue weighted by Gasteiger charge is -2.36. The van der Waals surface area contributed by atoms with Gasteiger partial charge in [0, 0.05) is 37.1 Å². The standard InChI is InChI=1S/C31H31FN4O3/c1-19(2)22-16-23(21-7-5-6-8-27(21)38-3)24-17-25(34-30(24)29(22)32)31(37)36-13-11-35(12-14-36)26-15-20(18-33)9-10-28(26)39-4/h5-10,15-17,19,34H,11-14H2,1-4H3. The number of carbonyl (C=O) groups is 1. The average molecular weight is 527 g/mol. The van der Waals surface area contributed by atoms with Crippen molar-refractivity contribution in [3.05, 3.63) is 77.2 Å². The van der Waals surface area contributed by atoms with E-state index in [0.717, 1.165) is 16.8 Å². The maximum atomic E-state index is 15.7. The van der Waals surface area contributed by atoms with Crippen LogP contribution < -0.4 is 14.4 Å². The van der Waals surface area contributed by atoms with Crippen molar-refractivity contribution in [2.45, 2.75) is 19.8 Å². The first-order valence-corrected chi connectivity index (χ1v) is 13.0. The van der Waals surface area contributed by atoms with Gasteiger partial charge in [-0.05, 0) is 53.4 Å². The number of hydrogen-bond donors (Lipinski definition) is 1. The van der Waals surface area contributed by atoms with Crippen LogP contribution in [0, 0.1) is 17.1 Å². The largest absolute Gasteiger partial charge is 0.496 e. The van der Waals surface area contributed by atoms with Crippen LogP contribution in [0.3, 0.4) is 0 Å². The second kappa shape index (κ2) is 10.7. The normalized spacial score (nSPS) is 13.6. The molecule has 0 aliphatic carbocycles. The molecule has 1 aliphatic heterocycles. The SMILES string of the molecule is COc1ccccc1-c1cc(C(C)C)c(F)c2[nH]c(C(=O)N3CCN(c4cc(C#N)ccc4OC)CC3)cc12. The number of para-hydroxylation sites is 1.